The highest BCUT2D eigenvalue weighted by Gasteiger charge is 2.18. The molecule has 18 heavy (non-hydrogen) atoms. The Bertz CT molecular complexity index is 428. The first-order valence-electron chi connectivity index (χ1n) is 6.21. The first-order valence-corrected chi connectivity index (χ1v) is 6.21. The predicted molar refractivity (Wildman–Crippen MR) is 69.8 cm³/mol. The number of hydrogen-bond acceptors (Lipinski definition) is 4. The summed E-state index contributed by atoms with van der Waals surface area (Å²) in [5.41, 5.74) is 2.28. The Balaban J connectivity index is 1.99. The second kappa shape index (κ2) is 5.82. The van der Waals surface area contributed by atoms with Crippen molar-refractivity contribution in [1.82, 2.24) is 10.3 Å². The van der Waals surface area contributed by atoms with E-state index in [2.05, 4.69) is 15.6 Å². The summed E-state index contributed by atoms with van der Waals surface area (Å²) < 4.78 is 5.28. The summed E-state index contributed by atoms with van der Waals surface area (Å²) in [5, 5.41) is 5.96. The van der Waals surface area contributed by atoms with Gasteiger partial charge in [-0.3, -0.25) is 9.78 Å². The molecule has 1 fully saturated rings. The molecule has 5 nitrogen and oxygen atoms in total. The molecule has 98 valence electrons. The second-order valence-electron chi connectivity index (χ2n) is 4.56. The third-order valence-electron chi connectivity index (χ3n) is 3.13. The third kappa shape index (κ3) is 2.98. The highest BCUT2D eigenvalue weighted by Crippen LogP contribution is 2.15. The van der Waals surface area contributed by atoms with Crippen LogP contribution < -0.4 is 10.6 Å². The van der Waals surface area contributed by atoms with Crippen molar-refractivity contribution in [2.24, 2.45) is 5.92 Å². The molecule has 2 heterocycles. The van der Waals surface area contributed by atoms with Crippen LogP contribution in [0.1, 0.15) is 22.5 Å². The first kappa shape index (κ1) is 12.8. The van der Waals surface area contributed by atoms with E-state index in [1.807, 2.05) is 13.0 Å². The SMILES string of the molecule is CNc1cc(C)ncc1C(=O)NCC1CCOC1. The molecule has 5 heteroatoms. The van der Waals surface area contributed by atoms with Gasteiger partial charge in [-0.15, -0.1) is 0 Å². The van der Waals surface area contributed by atoms with Crippen molar-refractivity contribution in [3.63, 3.8) is 0 Å². The maximum atomic E-state index is 12.1. The van der Waals surface area contributed by atoms with E-state index in [0.717, 1.165) is 31.0 Å². The van der Waals surface area contributed by atoms with Crippen LogP contribution in [-0.2, 0) is 4.74 Å². The number of rotatable bonds is 4. The summed E-state index contributed by atoms with van der Waals surface area (Å²) in [6.45, 7) is 4.11. The zero-order valence-electron chi connectivity index (χ0n) is 10.8. The fourth-order valence-electron chi connectivity index (χ4n) is 2.02. The summed E-state index contributed by atoms with van der Waals surface area (Å²) >= 11 is 0. The molecule has 1 atom stereocenters. The topological polar surface area (TPSA) is 63.2 Å². The van der Waals surface area contributed by atoms with E-state index in [1.165, 1.54) is 0 Å². The third-order valence-corrected chi connectivity index (χ3v) is 3.13. The van der Waals surface area contributed by atoms with Gasteiger partial charge in [0.25, 0.3) is 5.91 Å². The predicted octanol–water partition coefficient (Wildman–Crippen LogP) is 1.20. The van der Waals surface area contributed by atoms with Gasteiger partial charge in [0.15, 0.2) is 0 Å². The number of nitrogens with zero attached hydrogens (tertiary/aromatic N) is 1. The van der Waals surface area contributed by atoms with E-state index in [9.17, 15) is 4.79 Å². The maximum Gasteiger partial charge on any atom is 0.254 e. The van der Waals surface area contributed by atoms with Crippen LogP contribution >= 0.6 is 0 Å². The molecular weight excluding hydrogens is 230 g/mol. The van der Waals surface area contributed by atoms with Crippen LogP contribution in [0.5, 0.6) is 0 Å². The Morgan fingerprint density at radius 1 is 1.61 bits per heavy atom. The highest BCUT2D eigenvalue weighted by atomic mass is 16.5. The summed E-state index contributed by atoms with van der Waals surface area (Å²) in [7, 11) is 1.80. The monoisotopic (exact) mass is 249 g/mol. The molecule has 0 aliphatic carbocycles. The molecule has 1 unspecified atom stereocenters. The second-order valence-corrected chi connectivity index (χ2v) is 4.56. The normalized spacial score (nSPS) is 18.7. The van der Waals surface area contributed by atoms with E-state index in [1.54, 1.807) is 13.2 Å². The Kier molecular flexibility index (Phi) is 4.15. The summed E-state index contributed by atoms with van der Waals surface area (Å²) in [6.07, 6.45) is 2.63. The average Bonchev–Trinajstić information content (AvgIpc) is 2.88. The molecular formula is C13H19N3O2. The van der Waals surface area contributed by atoms with E-state index in [4.69, 9.17) is 4.74 Å². The van der Waals surface area contributed by atoms with Crippen molar-refractivity contribution in [3.8, 4) is 0 Å². The number of aromatic nitrogens is 1. The van der Waals surface area contributed by atoms with Crippen LogP contribution in [0.4, 0.5) is 5.69 Å². The van der Waals surface area contributed by atoms with E-state index in [0.29, 0.717) is 18.0 Å². The van der Waals surface area contributed by atoms with Crippen LogP contribution in [0.25, 0.3) is 0 Å². The lowest BCUT2D eigenvalue weighted by Gasteiger charge is -2.12. The van der Waals surface area contributed by atoms with Gasteiger partial charge in [0.1, 0.15) is 0 Å². The van der Waals surface area contributed by atoms with Gasteiger partial charge in [-0.1, -0.05) is 0 Å². The van der Waals surface area contributed by atoms with Gasteiger partial charge in [-0.25, -0.2) is 0 Å². The minimum absolute atomic E-state index is 0.0845. The number of hydrogen-bond donors (Lipinski definition) is 2. The molecule has 1 aromatic rings. The van der Waals surface area contributed by atoms with Crippen molar-refractivity contribution < 1.29 is 9.53 Å². The van der Waals surface area contributed by atoms with Crippen LogP contribution in [0.3, 0.4) is 0 Å². The lowest BCUT2D eigenvalue weighted by atomic mass is 10.1. The summed E-state index contributed by atoms with van der Waals surface area (Å²) in [4.78, 5) is 16.2. The number of nitrogens with one attached hydrogen (secondary N) is 2. The first-order chi connectivity index (χ1) is 8.70. The average molecular weight is 249 g/mol. The molecule has 0 spiro atoms. The number of aryl methyl sites for hydroxylation is 1. The molecule has 2 rings (SSSR count). The molecule has 1 aliphatic heterocycles. The zero-order chi connectivity index (χ0) is 13.0. The van der Waals surface area contributed by atoms with E-state index in [-0.39, 0.29) is 5.91 Å². The molecule has 0 bridgehead atoms. The Hall–Kier alpha value is -1.62. The van der Waals surface area contributed by atoms with E-state index >= 15 is 0 Å². The number of carbonyl (C=O) groups excluding carboxylic acids is 1. The lowest BCUT2D eigenvalue weighted by Crippen LogP contribution is -2.30. The van der Waals surface area contributed by atoms with Crippen LogP contribution in [0.2, 0.25) is 0 Å². The number of amides is 1. The summed E-state index contributed by atoms with van der Waals surface area (Å²) in [6, 6.07) is 1.87. The van der Waals surface area contributed by atoms with Crippen molar-refractivity contribution in [1.29, 1.82) is 0 Å². The highest BCUT2D eigenvalue weighted by molar-refractivity contribution is 5.99. The Labute approximate surface area is 107 Å². The quantitative estimate of drug-likeness (QED) is 0.841. The van der Waals surface area contributed by atoms with Gasteiger partial charge in [-0.2, -0.15) is 0 Å². The Morgan fingerprint density at radius 2 is 2.44 bits per heavy atom. The molecule has 0 radical (unpaired) electrons. The van der Waals surface area contributed by atoms with Crippen LogP contribution in [0, 0.1) is 12.8 Å². The van der Waals surface area contributed by atoms with Gasteiger partial charge in [-0.05, 0) is 19.4 Å². The van der Waals surface area contributed by atoms with Gasteiger partial charge in [0, 0.05) is 38.0 Å². The van der Waals surface area contributed by atoms with Crippen molar-refractivity contribution in [3.05, 3.63) is 23.5 Å². The minimum atomic E-state index is -0.0845. The molecule has 1 amide bonds. The van der Waals surface area contributed by atoms with Gasteiger partial charge >= 0.3 is 0 Å². The fourth-order valence-corrected chi connectivity index (χ4v) is 2.02. The fraction of sp³-hybridized carbons (Fsp3) is 0.538. The van der Waals surface area contributed by atoms with Gasteiger partial charge in [0.2, 0.25) is 0 Å². The number of pyridine rings is 1. The molecule has 1 aliphatic rings. The Morgan fingerprint density at radius 3 is 3.11 bits per heavy atom. The smallest absolute Gasteiger partial charge is 0.254 e. The molecule has 0 saturated carbocycles. The van der Waals surface area contributed by atoms with Crippen LogP contribution in [0.15, 0.2) is 12.3 Å². The molecule has 2 N–H and O–H groups in total. The number of anilines is 1. The van der Waals surface area contributed by atoms with Crippen molar-refractivity contribution in [2.45, 2.75) is 13.3 Å². The zero-order valence-corrected chi connectivity index (χ0v) is 10.8. The molecule has 1 aromatic heterocycles. The minimum Gasteiger partial charge on any atom is -0.387 e. The van der Waals surface area contributed by atoms with Gasteiger partial charge < -0.3 is 15.4 Å². The van der Waals surface area contributed by atoms with Gasteiger partial charge in [0.05, 0.1) is 17.9 Å². The standard InChI is InChI=1S/C13H19N3O2/c1-9-5-12(14-2)11(7-15-9)13(17)16-6-10-3-4-18-8-10/h5,7,10H,3-4,6,8H2,1-2H3,(H,14,15)(H,16,17). The van der Waals surface area contributed by atoms with Crippen molar-refractivity contribution >= 4 is 11.6 Å². The maximum absolute atomic E-state index is 12.1. The van der Waals surface area contributed by atoms with E-state index < -0.39 is 0 Å². The van der Waals surface area contributed by atoms with Crippen LogP contribution in [-0.4, -0.2) is 37.7 Å². The molecule has 0 aromatic carbocycles. The van der Waals surface area contributed by atoms with Crippen molar-refractivity contribution in [2.75, 3.05) is 32.1 Å². The lowest BCUT2D eigenvalue weighted by molar-refractivity contribution is 0.0945. The largest absolute Gasteiger partial charge is 0.387 e. The molecule has 1 saturated heterocycles. The number of ether oxygens (including phenoxy) is 1. The number of carbonyl (C=O) groups is 1. The summed E-state index contributed by atoms with van der Waals surface area (Å²) in [5.74, 6) is 0.351.